The molecule has 1 atom stereocenters. The molecule has 31 heavy (non-hydrogen) atoms. The van der Waals surface area contributed by atoms with Gasteiger partial charge in [-0.2, -0.15) is 0 Å². The number of hydrogen-bond donors (Lipinski definition) is 2. The molecule has 0 spiro atoms. The van der Waals surface area contributed by atoms with Crippen LogP contribution in [-0.2, 0) is 23.0 Å². The lowest BCUT2D eigenvalue weighted by atomic mass is 10.1. The first-order chi connectivity index (χ1) is 14.9. The fourth-order valence-electron chi connectivity index (χ4n) is 3.68. The molecule has 1 aliphatic heterocycles. The number of rotatable bonds is 6. The highest BCUT2D eigenvalue weighted by atomic mass is 19.1. The Morgan fingerprint density at radius 1 is 1.26 bits per heavy atom. The first-order valence-corrected chi connectivity index (χ1v) is 10.3. The molecule has 1 unspecified atom stereocenters. The van der Waals surface area contributed by atoms with E-state index >= 15 is 0 Å². The zero-order chi connectivity index (χ0) is 22.0. The standard InChI is InChI=1S/C23H25FN4O3/c1-14-5-6-15(12-17(14)24)22(29)25-10-9-21-27-18-13-16(7-8-19(18)28(21)2)26-23(30)20-4-3-11-31-20/h5-8,12-13,20H,3-4,9-11H2,1-2H3,(H,25,29)(H,26,30). The quantitative estimate of drug-likeness (QED) is 0.637. The third-order valence-corrected chi connectivity index (χ3v) is 5.53. The lowest BCUT2D eigenvalue weighted by Gasteiger charge is -2.10. The first-order valence-electron chi connectivity index (χ1n) is 10.3. The van der Waals surface area contributed by atoms with E-state index in [9.17, 15) is 14.0 Å². The van der Waals surface area contributed by atoms with E-state index in [1.807, 2.05) is 29.8 Å². The summed E-state index contributed by atoms with van der Waals surface area (Å²) in [6, 6.07) is 10.0. The summed E-state index contributed by atoms with van der Waals surface area (Å²) < 4.78 is 21.0. The molecule has 3 aromatic rings. The van der Waals surface area contributed by atoms with E-state index in [0.29, 0.717) is 36.4 Å². The molecule has 7 nitrogen and oxygen atoms in total. The van der Waals surface area contributed by atoms with Crippen LogP contribution in [0.2, 0.25) is 0 Å². The topological polar surface area (TPSA) is 85.2 Å². The molecule has 0 aliphatic carbocycles. The summed E-state index contributed by atoms with van der Waals surface area (Å²) >= 11 is 0. The van der Waals surface area contributed by atoms with E-state index in [4.69, 9.17) is 4.74 Å². The molecular formula is C23H25FN4O3. The minimum absolute atomic E-state index is 0.136. The molecule has 1 aliphatic rings. The third-order valence-electron chi connectivity index (χ3n) is 5.53. The average molecular weight is 424 g/mol. The Morgan fingerprint density at radius 2 is 2.10 bits per heavy atom. The number of aryl methyl sites for hydroxylation is 2. The molecule has 0 radical (unpaired) electrons. The Morgan fingerprint density at radius 3 is 2.84 bits per heavy atom. The molecule has 4 rings (SSSR count). The SMILES string of the molecule is Cc1ccc(C(=O)NCCc2nc3cc(NC(=O)C4CCCO4)ccc3n2C)cc1F. The fourth-order valence-corrected chi connectivity index (χ4v) is 3.68. The number of carbonyl (C=O) groups is 2. The first kappa shape index (κ1) is 21.0. The van der Waals surface area contributed by atoms with Crippen LogP contribution in [0, 0.1) is 12.7 Å². The van der Waals surface area contributed by atoms with Crippen LogP contribution in [0.15, 0.2) is 36.4 Å². The molecular weight excluding hydrogens is 399 g/mol. The number of nitrogens with one attached hydrogen (secondary N) is 2. The van der Waals surface area contributed by atoms with E-state index < -0.39 is 5.82 Å². The van der Waals surface area contributed by atoms with Crippen molar-refractivity contribution in [3.8, 4) is 0 Å². The summed E-state index contributed by atoms with van der Waals surface area (Å²) in [4.78, 5) is 29.2. The van der Waals surface area contributed by atoms with Crippen molar-refractivity contribution >= 4 is 28.5 Å². The van der Waals surface area contributed by atoms with Crippen molar-refractivity contribution < 1.29 is 18.7 Å². The second-order valence-electron chi connectivity index (χ2n) is 7.75. The highest BCUT2D eigenvalue weighted by Gasteiger charge is 2.23. The zero-order valence-electron chi connectivity index (χ0n) is 17.6. The number of halogens is 1. The van der Waals surface area contributed by atoms with Gasteiger partial charge < -0.3 is 19.9 Å². The van der Waals surface area contributed by atoms with Gasteiger partial charge >= 0.3 is 0 Å². The van der Waals surface area contributed by atoms with Crippen molar-refractivity contribution in [2.75, 3.05) is 18.5 Å². The largest absolute Gasteiger partial charge is 0.368 e. The molecule has 2 amide bonds. The zero-order valence-corrected chi connectivity index (χ0v) is 17.6. The van der Waals surface area contributed by atoms with Crippen molar-refractivity contribution in [3.05, 3.63) is 59.2 Å². The highest BCUT2D eigenvalue weighted by molar-refractivity contribution is 5.96. The van der Waals surface area contributed by atoms with Crippen LogP contribution in [0.25, 0.3) is 11.0 Å². The van der Waals surface area contributed by atoms with Gasteiger partial charge in [-0.05, 0) is 55.7 Å². The van der Waals surface area contributed by atoms with Crippen LogP contribution in [0.3, 0.4) is 0 Å². The summed E-state index contributed by atoms with van der Waals surface area (Å²) in [6.07, 6.45) is 1.77. The molecule has 2 N–H and O–H groups in total. The maximum absolute atomic E-state index is 13.7. The number of ether oxygens (including phenoxy) is 1. The van der Waals surface area contributed by atoms with Crippen LogP contribution in [0.5, 0.6) is 0 Å². The lowest BCUT2D eigenvalue weighted by molar-refractivity contribution is -0.124. The average Bonchev–Trinajstić information content (AvgIpc) is 3.39. The maximum Gasteiger partial charge on any atom is 0.253 e. The number of aromatic nitrogens is 2. The molecule has 2 aromatic carbocycles. The second-order valence-corrected chi connectivity index (χ2v) is 7.75. The Labute approximate surface area is 179 Å². The van der Waals surface area contributed by atoms with Crippen LogP contribution >= 0.6 is 0 Å². The van der Waals surface area contributed by atoms with Gasteiger partial charge in [-0.15, -0.1) is 0 Å². The Bertz CT molecular complexity index is 1140. The number of anilines is 1. The van der Waals surface area contributed by atoms with Crippen molar-refractivity contribution in [2.24, 2.45) is 7.05 Å². The molecule has 0 saturated carbocycles. The predicted octanol–water partition coefficient (Wildman–Crippen LogP) is 3.11. The number of fused-ring (bicyclic) bond motifs is 1. The van der Waals surface area contributed by atoms with Crippen LogP contribution in [0.4, 0.5) is 10.1 Å². The van der Waals surface area contributed by atoms with Gasteiger partial charge in [-0.25, -0.2) is 9.37 Å². The van der Waals surface area contributed by atoms with Gasteiger partial charge in [0.1, 0.15) is 17.7 Å². The third kappa shape index (κ3) is 4.59. The van der Waals surface area contributed by atoms with Crippen molar-refractivity contribution in [1.29, 1.82) is 0 Å². The summed E-state index contributed by atoms with van der Waals surface area (Å²) in [7, 11) is 1.91. The normalized spacial score (nSPS) is 15.9. The van der Waals surface area contributed by atoms with Gasteiger partial charge in [-0.1, -0.05) is 6.07 Å². The number of carbonyl (C=O) groups excluding carboxylic acids is 2. The van der Waals surface area contributed by atoms with Gasteiger partial charge in [-0.3, -0.25) is 9.59 Å². The highest BCUT2D eigenvalue weighted by Crippen LogP contribution is 2.21. The minimum Gasteiger partial charge on any atom is -0.368 e. The second kappa shape index (κ2) is 8.85. The maximum atomic E-state index is 13.7. The van der Waals surface area contributed by atoms with Crippen LogP contribution < -0.4 is 10.6 Å². The van der Waals surface area contributed by atoms with Crippen molar-refractivity contribution in [3.63, 3.8) is 0 Å². The van der Waals surface area contributed by atoms with Crippen molar-refractivity contribution in [2.45, 2.75) is 32.3 Å². The van der Waals surface area contributed by atoms with E-state index in [0.717, 1.165) is 29.7 Å². The molecule has 8 heteroatoms. The smallest absolute Gasteiger partial charge is 0.253 e. The lowest BCUT2D eigenvalue weighted by Crippen LogP contribution is -2.26. The van der Waals surface area contributed by atoms with E-state index in [-0.39, 0.29) is 17.9 Å². The summed E-state index contributed by atoms with van der Waals surface area (Å²) in [6.45, 7) is 2.65. The minimum atomic E-state index is -0.398. The molecule has 0 bridgehead atoms. The van der Waals surface area contributed by atoms with Gasteiger partial charge in [0.25, 0.3) is 11.8 Å². The molecule has 162 valence electrons. The molecule has 2 heterocycles. The summed E-state index contributed by atoms with van der Waals surface area (Å²) in [5.41, 5.74) is 3.15. The Kier molecular flexibility index (Phi) is 5.99. The summed E-state index contributed by atoms with van der Waals surface area (Å²) in [5.74, 6) is -0.0570. The monoisotopic (exact) mass is 424 g/mol. The number of nitrogens with zero attached hydrogens (tertiary/aromatic N) is 2. The van der Waals surface area contributed by atoms with Gasteiger partial charge in [0.05, 0.1) is 11.0 Å². The molecule has 1 aromatic heterocycles. The molecule has 1 saturated heterocycles. The van der Waals surface area contributed by atoms with Gasteiger partial charge in [0, 0.05) is 37.9 Å². The fraction of sp³-hybridized carbons (Fsp3) is 0.348. The number of amides is 2. The van der Waals surface area contributed by atoms with Gasteiger partial charge in [0.2, 0.25) is 0 Å². The van der Waals surface area contributed by atoms with Crippen molar-refractivity contribution in [1.82, 2.24) is 14.9 Å². The number of benzene rings is 2. The van der Waals surface area contributed by atoms with Crippen LogP contribution in [-0.4, -0.2) is 40.6 Å². The van der Waals surface area contributed by atoms with Crippen LogP contribution in [0.1, 0.15) is 34.6 Å². The predicted molar refractivity (Wildman–Crippen MR) is 115 cm³/mol. The number of imidazole rings is 1. The van der Waals surface area contributed by atoms with Gasteiger partial charge in [0.15, 0.2) is 0 Å². The van der Waals surface area contributed by atoms with E-state index in [1.54, 1.807) is 19.1 Å². The van der Waals surface area contributed by atoms with E-state index in [1.165, 1.54) is 6.07 Å². The summed E-state index contributed by atoms with van der Waals surface area (Å²) in [5, 5.41) is 5.69. The Hall–Kier alpha value is -3.26. The molecule has 1 fully saturated rings. The number of hydrogen-bond acceptors (Lipinski definition) is 4. The van der Waals surface area contributed by atoms with E-state index in [2.05, 4.69) is 15.6 Å². The Balaban J connectivity index is 1.39.